The zero-order valence-electron chi connectivity index (χ0n) is 13.7. The highest BCUT2D eigenvalue weighted by molar-refractivity contribution is 5.99. The second-order valence-electron chi connectivity index (χ2n) is 6.17. The van der Waals surface area contributed by atoms with Crippen molar-refractivity contribution in [3.05, 3.63) is 24.4 Å². The van der Waals surface area contributed by atoms with Crippen LogP contribution in [0.1, 0.15) is 13.8 Å². The van der Waals surface area contributed by atoms with E-state index in [1.54, 1.807) is 13.3 Å². The first-order chi connectivity index (χ1) is 11.1. The van der Waals surface area contributed by atoms with Gasteiger partial charge in [0.1, 0.15) is 0 Å². The number of methoxy groups -OCH3 is 1. The molecule has 2 aromatic rings. The minimum atomic E-state index is -0.232. The number of carbonyl (C=O) groups excluding carboxylic acids is 1. The predicted octanol–water partition coefficient (Wildman–Crippen LogP) is 1.79. The number of likely N-dealkylation sites (tertiary alicyclic amines) is 1. The van der Waals surface area contributed by atoms with Crippen molar-refractivity contribution in [1.82, 2.24) is 20.4 Å². The van der Waals surface area contributed by atoms with Gasteiger partial charge in [0.2, 0.25) is 0 Å². The summed E-state index contributed by atoms with van der Waals surface area (Å²) < 4.78 is 5.51. The third-order valence-electron chi connectivity index (χ3n) is 4.37. The van der Waals surface area contributed by atoms with Crippen molar-refractivity contribution in [2.24, 2.45) is 0 Å². The highest BCUT2D eigenvalue weighted by Crippen LogP contribution is 2.21. The van der Waals surface area contributed by atoms with Crippen LogP contribution < -0.4 is 10.6 Å². The molecule has 0 spiro atoms. The average molecular weight is 317 g/mol. The lowest BCUT2D eigenvalue weighted by molar-refractivity contribution is 0.0896. The summed E-state index contributed by atoms with van der Waals surface area (Å²) in [5.41, 5.74) is 1.53. The Kier molecular flexibility index (Phi) is 4.49. The third kappa shape index (κ3) is 3.30. The number of ether oxygens (including phenoxy) is 1. The van der Waals surface area contributed by atoms with Crippen LogP contribution in [0.2, 0.25) is 0 Å². The number of aromatic amines is 1. The van der Waals surface area contributed by atoms with Crippen LogP contribution in [0.5, 0.6) is 0 Å². The number of urea groups is 1. The number of carbonyl (C=O) groups is 1. The lowest BCUT2D eigenvalue weighted by atomic mass is 10.2. The third-order valence-corrected chi connectivity index (χ3v) is 4.37. The largest absolute Gasteiger partial charge is 0.378 e. The van der Waals surface area contributed by atoms with Crippen LogP contribution in [0.4, 0.5) is 10.5 Å². The zero-order chi connectivity index (χ0) is 16.4. The maximum absolute atomic E-state index is 12.3. The molecular weight excluding hydrogens is 294 g/mol. The van der Waals surface area contributed by atoms with E-state index in [0.717, 1.165) is 24.0 Å². The molecule has 2 atom stereocenters. The summed E-state index contributed by atoms with van der Waals surface area (Å²) in [6.45, 7) is 5.91. The molecule has 1 aromatic carbocycles. The number of nitrogens with zero attached hydrogens (tertiary/aromatic N) is 2. The van der Waals surface area contributed by atoms with Crippen molar-refractivity contribution in [1.29, 1.82) is 0 Å². The summed E-state index contributed by atoms with van der Waals surface area (Å²) in [4.78, 5) is 14.6. The standard InChI is InChI=1S/C16H23N5O2/c1-10(2)21-8-13(14(9-21)23-3)19-16(22)18-12-6-4-5-11-7-17-20-15(11)12/h4-7,10,13-14H,8-9H2,1-3H3,(H,17,20)(H2,18,19,22)/t13-,14-/m0/s1. The first-order valence-electron chi connectivity index (χ1n) is 7.85. The van der Waals surface area contributed by atoms with E-state index in [1.165, 1.54) is 0 Å². The van der Waals surface area contributed by atoms with Crippen molar-refractivity contribution >= 4 is 22.6 Å². The number of rotatable bonds is 4. The number of para-hydroxylation sites is 1. The van der Waals surface area contributed by atoms with Crippen LogP contribution >= 0.6 is 0 Å². The maximum Gasteiger partial charge on any atom is 0.319 e. The summed E-state index contributed by atoms with van der Waals surface area (Å²) in [5.74, 6) is 0. The number of benzene rings is 1. The molecule has 0 radical (unpaired) electrons. The maximum atomic E-state index is 12.3. The number of aromatic nitrogens is 2. The number of nitrogens with one attached hydrogen (secondary N) is 3. The molecule has 1 aromatic heterocycles. The van der Waals surface area contributed by atoms with E-state index >= 15 is 0 Å². The Morgan fingerprint density at radius 2 is 2.26 bits per heavy atom. The lowest BCUT2D eigenvalue weighted by Crippen LogP contribution is -2.45. The van der Waals surface area contributed by atoms with E-state index in [2.05, 4.69) is 39.6 Å². The molecule has 0 unspecified atom stereocenters. The Hall–Kier alpha value is -2.12. The fourth-order valence-electron chi connectivity index (χ4n) is 3.00. The van der Waals surface area contributed by atoms with Gasteiger partial charge in [-0.25, -0.2) is 4.79 Å². The predicted molar refractivity (Wildman–Crippen MR) is 89.5 cm³/mol. The van der Waals surface area contributed by atoms with Crippen molar-refractivity contribution in [2.75, 3.05) is 25.5 Å². The highest BCUT2D eigenvalue weighted by atomic mass is 16.5. The minimum absolute atomic E-state index is 0.00565. The Morgan fingerprint density at radius 1 is 1.43 bits per heavy atom. The van der Waals surface area contributed by atoms with Gasteiger partial charge in [0, 0.05) is 31.6 Å². The Bertz CT molecular complexity index is 684. The molecule has 0 aliphatic carbocycles. The van der Waals surface area contributed by atoms with Crippen molar-refractivity contribution in [2.45, 2.75) is 32.0 Å². The number of hydrogen-bond donors (Lipinski definition) is 3. The summed E-state index contributed by atoms with van der Waals surface area (Å²) in [6.07, 6.45) is 1.74. The molecule has 3 N–H and O–H groups in total. The normalized spacial score (nSPS) is 21.9. The summed E-state index contributed by atoms with van der Waals surface area (Å²) in [7, 11) is 1.69. The Morgan fingerprint density at radius 3 is 3.00 bits per heavy atom. The molecule has 23 heavy (non-hydrogen) atoms. The molecule has 3 rings (SSSR count). The van der Waals surface area contributed by atoms with Crippen molar-refractivity contribution in [3.63, 3.8) is 0 Å². The molecular formula is C16H23N5O2. The van der Waals surface area contributed by atoms with E-state index < -0.39 is 0 Å². The van der Waals surface area contributed by atoms with Gasteiger partial charge in [-0.1, -0.05) is 12.1 Å². The molecule has 2 amide bonds. The molecule has 0 saturated carbocycles. The number of hydrogen-bond acceptors (Lipinski definition) is 4. The van der Waals surface area contributed by atoms with Crippen molar-refractivity contribution in [3.8, 4) is 0 Å². The monoisotopic (exact) mass is 317 g/mol. The van der Waals surface area contributed by atoms with E-state index in [1.807, 2.05) is 18.2 Å². The topological polar surface area (TPSA) is 82.3 Å². The van der Waals surface area contributed by atoms with E-state index in [-0.39, 0.29) is 18.2 Å². The van der Waals surface area contributed by atoms with Crippen LogP contribution in [0.25, 0.3) is 10.9 Å². The second kappa shape index (κ2) is 6.55. The lowest BCUT2D eigenvalue weighted by Gasteiger charge is -2.20. The second-order valence-corrected chi connectivity index (χ2v) is 6.17. The van der Waals surface area contributed by atoms with Crippen molar-refractivity contribution < 1.29 is 9.53 Å². The molecule has 7 heteroatoms. The van der Waals surface area contributed by atoms with Gasteiger partial charge in [0.05, 0.1) is 29.5 Å². The molecule has 1 aliphatic rings. The summed E-state index contributed by atoms with van der Waals surface area (Å²) in [5, 5.41) is 13.8. The average Bonchev–Trinajstić information content (AvgIpc) is 3.14. The van der Waals surface area contributed by atoms with Gasteiger partial charge in [-0.05, 0) is 19.9 Å². The van der Waals surface area contributed by atoms with Gasteiger partial charge >= 0.3 is 6.03 Å². The molecule has 124 valence electrons. The summed E-state index contributed by atoms with van der Waals surface area (Å²) in [6, 6.07) is 5.86. The number of amides is 2. The SMILES string of the molecule is CO[C@H]1CN(C(C)C)C[C@@H]1NC(=O)Nc1cccc2cn[nH]c12. The van der Waals surface area contributed by atoms with E-state index in [0.29, 0.717) is 11.7 Å². The van der Waals surface area contributed by atoms with Gasteiger partial charge in [-0.3, -0.25) is 10.00 Å². The smallest absolute Gasteiger partial charge is 0.319 e. The molecule has 0 bridgehead atoms. The molecule has 1 saturated heterocycles. The molecule has 2 heterocycles. The van der Waals surface area contributed by atoms with Gasteiger partial charge in [-0.2, -0.15) is 5.10 Å². The van der Waals surface area contributed by atoms with Gasteiger partial charge in [-0.15, -0.1) is 0 Å². The molecule has 1 fully saturated rings. The minimum Gasteiger partial charge on any atom is -0.378 e. The fraction of sp³-hybridized carbons (Fsp3) is 0.500. The van der Waals surface area contributed by atoms with Crippen LogP contribution in [0.15, 0.2) is 24.4 Å². The van der Waals surface area contributed by atoms with Gasteiger partial charge in [0.15, 0.2) is 0 Å². The van der Waals surface area contributed by atoms with E-state index in [9.17, 15) is 4.79 Å². The van der Waals surface area contributed by atoms with Crippen LogP contribution in [-0.2, 0) is 4.74 Å². The Balaban J connectivity index is 1.66. The first-order valence-corrected chi connectivity index (χ1v) is 7.85. The highest BCUT2D eigenvalue weighted by Gasteiger charge is 2.34. The quantitative estimate of drug-likeness (QED) is 0.803. The van der Waals surface area contributed by atoms with E-state index in [4.69, 9.17) is 4.74 Å². The summed E-state index contributed by atoms with van der Waals surface area (Å²) >= 11 is 0. The first kappa shape index (κ1) is 15.8. The fourth-order valence-corrected chi connectivity index (χ4v) is 3.00. The van der Waals surface area contributed by atoms with Crippen LogP contribution in [0, 0.1) is 0 Å². The molecule has 7 nitrogen and oxygen atoms in total. The van der Waals surface area contributed by atoms with Gasteiger partial charge < -0.3 is 15.4 Å². The number of H-pyrrole nitrogens is 1. The van der Waals surface area contributed by atoms with Gasteiger partial charge in [0.25, 0.3) is 0 Å². The molecule has 1 aliphatic heterocycles. The zero-order valence-corrected chi connectivity index (χ0v) is 13.7. The number of anilines is 1. The Labute approximate surface area is 135 Å². The van der Waals surface area contributed by atoms with Crippen LogP contribution in [0.3, 0.4) is 0 Å². The van der Waals surface area contributed by atoms with Crippen LogP contribution in [-0.4, -0.2) is 59.5 Å². The number of fused-ring (bicyclic) bond motifs is 1.